The molecule has 1 heterocycles. The highest BCUT2D eigenvalue weighted by Crippen LogP contribution is 2.30. The zero-order valence-corrected chi connectivity index (χ0v) is 10.7. The Morgan fingerprint density at radius 2 is 2.17 bits per heavy atom. The van der Waals surface area contributed by atoms with E-state index in [0.29, 0.717) is 0 Å². The molecule has 3 atom stereocenters. The van der Waals surface area contributed by atoms with Crippen molar-refractivity contribution in [3.05, 3.63) is 35.9 Å². The molecule has 0 bridgehead atoms. The standard InChI is InChI=1S/C13H19N3O2/c1-9(14)13(17)15-12-8-11(18-16(12)2)10-6-4-3-5-7-10/h3-7,9,11-12H,8,14H2,1-2H3,(H,15,17)/t9-,11+,12+/m0/s1. The third-order valence-electron chi connectivity index (χ3n) is 3.06. The number of nitrogens with one attached hydrogen (secondary N) is 1. The van der Waals surface area contributed by atoms with Gasteiger partial charge in [0.05, 0.1) is 6.04 Å². The average molecular weight is 249 g/mol. The molecule has 0 unspecified atom stereocenters. The van der Waals surface area contributed by atoms with Crippen LogP contribution in [-0.4, -0.2) is 30.2 Å². The lowest BCUT2D eigenvalue weighted by Crippen LogP contribution is -2.47. The molecule has 5 heteroatoms. The minimum Gasteiger partial charge on any atom is -0.337 e. The summed E-state index contributed by atoms with van der Waals surface area (Å²) in [4.78, 5) is 17.3. The van der Waals surface area contributed by atoms with Crippen LogP contribution in [-0.2, 0) is 9.63 Å². The second kappa shape index (κ2) is 5.48. The van der Waals surface area contributed by atoms with Crippen LogP contribution in [0, 0.1) is 0 Å². The van der Waals surface area contributed by atoms with E-state index in [1.54, 1.807) is 12.0 Å². The summed E-state index contributed by atoms with van der Waals surface area (Å²) >= 11 is 0. The van der Waals surface area contributed by atoms with Gasteiger partial charge in [0, 0.05) is 13.5 Å². The Kier molecular flexibility index (Phi) is 3.96. The van der Waals surface area contributed by atoms with E-state index in [1.165, 1.54) is 0 Å². The maximum absolute atomic E-state index is 11.6. The Balaban J connectivity index is 1.99. The van der Waals surface area contributed by atoms with E-state index in [0.717, 1.165) is 12.0 Å². The molecule has 1 fully saturated rings. The van der Waals surface area contributed by atoms with Crippen molar-refractivity contribution in [1.29, 1.82) is 0 Å². The summed E-state index contributed by atoms with van der Waals surface area (Å²) < 4.78 is 0. The summed E-state index contributed by atoms with van der Waals surface area (Å²) in [6, 6.07) is 9.47. The number of hydrogen-bond acceptors (Lipinski definition) is 4. The van der Waals surface area contributed by atoms with Crippen LogP contribution in [0.1, 0.15) is 25.0 Å². The smallest absolute Gasteiger partial charge is 0.237 e. The first kappa shape index (κ1) is 13.0. The van der Waals surface area contributed by atoms with Crippen molar-refractivity contribution in [3.63, 3.8) is 0 Å². The van der Waals surface area contributed by atoms with Gasteiger partial charge in [-0.15, -0.1) is 0 Å². The van der Waals surface area contributed by atoms with E-state index in [-0.39, 0.29) is 18.2 Å². The van der Waals surface area contributed by atoms with E-state index in [1.807, 2.05) is 37.4 Å². The lowest BCUT2D eigenvalue weighted by molar-refractivity contribution is -0.154. The number of carbonyl (C=O) groups is 1. The van der Waals surface area contributed by atoms with Crippen molar-refractivity contribution in [3.8, 4) is 0 Å². The van der Waals surface area contributed by atoms with Gasteiger partial charge in [-0.3, -0.25) is 9.63 Å². The van der Waals surface area contributed by atoms with Crippen LogP contribution in [0.2, 0.25) is 0 Å². The van der Waals surface area contributed by atoms with Crippen molar-refractivity contribution in [1.82, 2.24) is 10.4 Å². The first-order chi connectivity index (χ1) is 8.58. The van der Waals surface area contributed by atoms with Crippen LogP contribution < -0.4 is 11.1 Å². The van der Waals surface area contributed by atoms with Crippen molar-refractivity contribution in [2.24, 2.45) is 5.73 Å². The van der Waals surface area contributed by atoms with E-state index in [2.05, 4.69) is 5.32 Å². The van der Waals surface area contributed by atoms with Gasteiger partial charge in [0.25, 0.3) is 0 Å². The summed E-state index contributed by atoms with van der Waals surface area (Å²) in [7, 11) is 1.81. The molecule has 1 aliphatic heterocycles. The lowest BCUT2D eigenvalue weighted by Gasteiger charge is -2.19. The summed E-state index contributed by atoms with van der Waals surface area (Å²) in [5.74, 6) is -0.163. The number of carbonyl (C=O) groups excluding carboxylic acids is 1. The maximum Gasteiger partial charge on any atom is 0.237 e. The fourth-order valence-corrected chi connectivity index (χ4v) is 1.98. The van der Waals surface area contributed by atoms with Gasteiger partial charge in [-0.25, -0.2) is 0 Å². The predicted octanol–water partition coefficient (Wildman–Crippen LogP) is 0.784. The molecular weight excluding hydrogens is 230 g/mol. The first-order valence-electron chi connectivity index (χ1n) is 6.08. The lowest BCUT2D eigenvalue weighted by atomic mass is 10.1. The maximum atomic E-state index is 11.6. The zero-order valence-electron chi connectivity index (χ0n) is 10.7. The monoisotopic (exact) mass is 249 g/mol. The van der Waals surface area contributed by atoms with E-state index < -0.39 is 6.04 Å². The number of nitrogens with zero attached hydrogens (tertiary/aromatic N) is 1. The van der Waals surface area contributed by atoms with Gasteiger partial charge in [-0.1, -0.05) is 30.3 Å². The van der Waals surface area contributed by atoms with Crippen LogP contribution in [0.3, 0.4) is 0 Å². The Hall–Kier alpha value is -1.43. The van der Waals surface area contributed by atoms with Crippen molar-refractivity contribution in [2.45, 2.75) is 31.7 Å². The second-order valence-electron chi connectivity index (χ2n) is 4.60. The fraction of sp³-hybridized carbons (Fsp3) is 0.462. The van der Waals surface area contributed by atoms with Crippen LogP contribution in [0.4, 0.5) is 0 Å². The van der Waals surface area contributed by atoms with Gasteiger partial charge in [-0.2, -0.15) is 5.06 Å². The first-order valence-corrected chi connectivity index (χ1v) is 6.08. The average Bonchev–Trinajstić information content (AvgIpc) is 2.72. The topological polar surface area (TPSA) is 67.6 Å². The summed E-state index contributed by atoms with van der Waals surface area (Å²) in [5.41, 5.74) is 6.65. The van der Waals surface area contributed by atoms with Gasteiger partial charge >= 0.3 is 0 Å². The SMILES string of the molecule is C[C@H](N)C(=O)N[C@H]1C[C@H](c2ccccc2)ON1C. The summed E-state index contributed by atoms with van der Waals surface area (Å²) in [6.07, 6.45) is 0.571. The molecule has 98 valence electrons. The number of nitrogens with two attached hydrogens (primary N) is 1. The molecule has 0 saturated carbocycles. The number of amides is 1. The van der Waals surface area contributed by atoms with E-state index in [9.17, 15) is 4.79 Å². The molecule has 3 N–H and O–H groups in total. The Morgan fingerprint density at radius 1 is 1.50 bits per heavy atom. The Labute approximate surface area is 107 Å². The van der Waals surface area contributed by atoms with Crippen molar-refractivity contribution < 1.29 is 9.63 Å². The minimum absolute atomic E-state index is 0.0189. The van der Waals surface area contributed by atoms with Crippen molar-refractivity contribution in [2.75, 3.05) is 7.05 Å². The fourth-order valence-electron chi connectivity index (χ4n) is 1.98. The number of rotatable bonds is 3. The van der Waals surface area contributed by atoms with Gasteiger partial charge in [0.2, 0.25) is 5.91 Å². The summed E-state index contributed by atoms with van der Waals surface area (Å²) in [6.45, 7) is 1.67. The number of benzene rings is 1. The Bertz CT molecular complexity index is 408. The molecule has 1 amide bonds. The van der Waals surface area contributed by atoms with Gasteiger partial charge in [0.1, 0.15) is 12.3 Å². The molecule has 1 aliphatic rings. The highest BCUT2D eigenvalue weighted by atomic mass is 16.7. The number of hydroxylamine groups is 2. The summed E-state index contributed by atoms with van der Waals surface area (Å²) in [5, 5.41) is 4.54. The van der Waals surface area contributed by atoms with Crippen LogP contribution in [0.5, 0.6) is 0 Å². The van der Waals surface area contributed by atoms with Crippen molar-refractivity contribution >= 4 is 5.91 Å². The number of hydrogen-bond donors (Lipinski definition) is 2. The molecule has 0 radical (unpaired) electrons. The second-order valence-corrected chi connectivity index (χ2v) is 4.60. The quantitative estimate of drug-likeness (QED) is 0.831. The largest absolute Gasteiger partial charge is 0.337 e. The molecule has 0 aromatic heterocycles. The molecule has 0 aliphatic carbocycles. The molecule has 1 aromatic carbocycles. The third-order valence-corrected chi connectivity index (χ3v) is 3.06. The highest BCUT2D eigenvalue weighted by molar-refractivity contribution is 5.81. The molecule has 2 rings (SSSR count). The molecule has 0 spiro atoms. The van der Waals surface area contributed by atoms with E-state index in [4.69, 9.17) is 10.6 Å². The molecular formula is C13H19N3O2. The normalized spacial score (nSPS) is 25.9. The highest BCUT2D eigenvalue weighted by Gasteiger charge is 2.33. The predicted molar refractivity (Wildman–Crippen MR) is 68.2 cm³/mol. The zero-order chi connectivity index (χ0) is 13.1. The van der Waals surface area contributed by atoms with Gasteiger partial charge < -0.3 is 11.1 Å². The van der Waals surface area contributed by atoms with Crippen LogP contribution in [0.15, 0.2) is 30.3 Å². The van der Waals surface area contributed by atoms with Gasteiger partial charge in [0.15, 0.2) is 0 Å². The molecule has 1 aromatic rings. The van der Waals surface area contributed by atoms with E-state index >= 15 is 0 Å². The third kappa shape index (κ3) is 2.87. The molecule has 18 heavy (non-hydrogen) atoms. The minimum atomic E-state index is -0.505. The van der Waals surface area contributed by atoms with Gasteiger partial charge in [-0.05, 0) is 12.5 Å². The molecule has 1 saturated heterocycles. The Morgan fingerprint density at radius 3 is 2.78 bits per heavy atom. The van der Waals surface area contributed by atoms with Crippen LogP contribution >= 0.6 is 0 Å². The van der Waals surface area contributed by atoms with Crippen LogP contribution in [0.25, 0.3) is 0 Å². The molecule has 5 nitrogen and oxygen atoms in total.